The molecule has 0 aliphatic carbocycles. The summed E-state index contributed by atoms with van der Waals surface area (Å²) >= 11 is 0.970. The Kier molecular flexibility index (Phi) is 3.75. The molecule has 0 fully saturated rings. The average Bonchev–Trinajstić information content (AvgIpc) is 2.66. The molecule has 2 N–H and O–H groups in total. The number of methoxy groups -OCH3 is 1. The van der Waals surface area contributed by atoms with Gasteiger partial charge in [0, 0.05) is 17.0 Å². The Hall–Kier alpha value is -1.47. The molecule has 0 saturated heterocycles. The van der Waals surface area contributed by atoms with Crippen molar-refractivity contribution in [2.24, 2.45) is 5.73 Å². The number of nitrogens with zero attached hydrogens (tertiary/aromatic N) is 1. The first-order valence-corrected chi connectivity index (χ1v) is 4.92. The van der Waals surface area contributed by atoms with E-state index in [4.69, 9.17) is 5.73 Å². The van der Waals surface area contributed by atoms with Crippen LogP contribution in [0.2, 0.25) is 0 Å². The molecule has 1 aromatic rings. The largest absolute Gasteiger partial charge is 0.469 e. The summed E-state index contributed by atoms with van der Waals surface area (Å²) in [7, 11) is 1.27. The first-order valence-electron chi connectivity index (χ1n) is 4.11. The molecule has 0 spiro atoms. The Bertz CT molecular complexity index is 376. The first-order chi connectivity index (χ1) is 7.04. The van der Waals surface area contributed by atoms with Gasteiger partial charge < -0.3 is 10.5 Å². The summed E-state index contributed by atoms with van der Waals surface area (Å²) in [4.78, 5) is 21.4. The molecule has 1 aromatic heterocycles. The maximum atomic E-state index is 10.9. The third-order valence-corrected chi connectivity index (χ3v) is 2.94. The van der Waals surface area contributed by atoms with Gasteiger partial charge in [0.15, 0.2) is 0 Å². The second kappa shape index (κ2) is 4.85. The normalized spacial score (nSPS) is 12.1. The third kappa shape index (κ3) is 3.00. The molecular weight excluding hydrogens is 220 g/mol. The Morgan fingerprint density at radius 1 is 1.73 bits per heavy atom. The minimum absolute atomic E-state index is 0.0188. The average molecular weight is 230 g/mol. The van der Waals surface area contributed by atoms with Crippen molar-refractivity contribution in [3.05, 3.63) is 27.1 Å². The summed E-state index contributed by atoms with van der Waals surface area (Å²) in [6.07, 6.45) is 0.0220. The highest BCUT2D eigenvalue weighted by Gasteiger charge is 2.17. The van der Waals surface area contributed by atoms with E-state index in [2.05, 4.69) is 4.74 Å². The summed E-state index contributed by atoms with van der Waals surface area (Å²) in [5, 5.41) is 10.4. The maximum Gasteiger partial charge on any atom is 0.324 e. The Morgan fingerprint density at radius 3 is 2.87 bits per heavy atom. The number of carbonyl (C=O) groups is 1. The van der Waals surface area contributed by atoms with Crippen molar-refractivity contribution in [1.82, 2.24) is 0 Å². The van der Waals surface area contributed by atoms with Crippen LogP contribution in [0.5, 0.6) is 0 Å². The van der Waals surface area contributed by atoms with E-state index >= 15 is 0 Å². The quantitative estimate of drug-likeness (QED) is 0.476. The number of carbonyl (C=O) groups excluding carboxylic acids is 1. The van der Waals surface area contributed by atoms with Gasteiger partial charge >= 0.3 is 11.0 Å². The predicted octanol–water partition coefficient (Wildman–Crippen LogP) is 1.22. The van der Waals surface area contributed by atoms with E-state index in [0.717, 1.165) is 11.3 Å². The summed E-state index contributed by atoms with van der Waals surface area (Å²) < 4.78 is 4.45. The van der Waals surface area contributed by atoms with Crippen molar-refractivity contribution in [2.45, 2.75) is 12.5 Å². The number of nitrogens with two attached hydrogens (primary N) is 1. The number of thiophene rings is 1. The molecule has 82 valence electrons. The number of rotatable bonds is 4. The zero-order valence-electron chi connectivity index (χ0n) is 8.00. The van der Waals surface area contributed by atoms with E-state index in [1.165, 1.54) is 13.2 Å². The van der Waals surface area contributed by atoms with Gasteiger partial charge in [-0.1, -0.05) is 11.3 Å². The van der Waals surface area contributed by atoms with Gasteiger partial charge in [0.2, 0.25) is 0 Å². The van der Waals surface area contributed by atoms with Crippen LogP contribution < -0.4 is 5.73 Å². The molecule has 15 heavy (non-hydrogen) atoms. The molecular formula is C8H10N2O4S. The fourth-order valence-corrected chi connectivity index (χ4v) is 1.83. The van der Waals surface area contributed by atoms with Gasteiger partial charge in [0.25, 0.3) is 0 Å². The highest BCUT2D eigenvalue weighted by molar-refractivity contribution is 7.15. The molecule has 0 radical (unpaired) electrons. The molecule has 0 aliphatic rings. The summed E-state index contributed by atoms with van der Waals surface area (Å²) in [5.74, 6) is -0.432. The zero-order chi connectivity index (χ0) is 11.4. The summed E-state index contributed by atoms with van der Waals surface area (Å²) in [5.41, 5.74) is 5.67. The fourth-order valence-electron chi connectivity index (χ4n) is 1.00. The SMILES string of the molecule is COC(=O)C[C@H](N)c1ccc([N+](=O)[O-])s1. The van der Waals surface area contributed by atoms with Crippen LogP contribution in [0, 0.1) is 10.1 Å². The molecule has 0 aliphatic heterocycles. The van der Waals surface area contributed by atoms with Crippen molar-refractivity contribution in [2.75, 3.05) is 7.11 Å². The standard InChI is InChI=1S/C8H10N2O4S/c1-14-8(11)4-5(9)6-2-3-7(15-6)10(12)13/h2-3,5H,4,9H2,1H3/t5-/m0/s1. The Balaban J connectivity index is 2.69. The second-order valence-corrected chi connectivity index (χ2v) is 3.91. The van der Waals surface area contributed by atoms with Crippen molar-refractivity contribution in [3.8, 4) is 0 Å². The fraction of sp³-hybridized carbons (Fsp3) is 0.375. The summed E-state index contributed by atoms with van der Waals surface area (Å²) in [6, 6.07) is 2.38. The van der Waals surface area contributed by atoms with E-state index < -0.39 is 16.9 Å². The van der Waals surface area contributed by atoms with Crippen LogP contribution in [0.3, 0.4) is 0 Å². The minimum Gasteiger partial charge on any atom is -0.469 e. The van der Waals surface area contributed by atoms with Gasteiger partial charge in [-0.2, -0.15) is 0 Å². The summed E-state index contributed by atoms with van der Waals surface area (Å²) in [6.45, 7) is 0. The number of hydrogen-bond donors (Lipinski definition) is 1. The van der Waals surface area contributed by atoms with E-state index in [0.29, 0.717) is 4.88 Å². The van der Waals surface area contributed by atoms with Crippen LogP contribution in [0.25, 0.3) is 0 Å². The topological polar surface area (TPSA) is 95.5 Å². The zero-order valence-corrected chi connectivity index (χ0v) is 8.82. The van der Waals surface area contributed by atoms with Crippen molar-refractivity contribution in [3.63, 3.8) is 0 Å². The molecule has 7 heteroatoms. The molecule has 0 bridgehead atoms. The number of nitro groups is 1. The van der Waals surface area contributed by atoms with E-state index in [-0.39, 0.29) is 11.4 Å². The Labute approximate surface area is 89.8 Å². The highest BCUT2D eigenvalue weighted by Crippen LogP contribution is 2.29. The molecule has 0 saturated carbocycles. The van der Waals surface area contributed by atoms with E-state index in [1.54, 1.807) is 6.07 Å². The van der Waals surface area contributed by atoms with Gasteiger partial charge in [-0.05, 0) is 6.07 Å². The van der Waals surface area contributed by atoms with Crippen LogP contribution in [-0.4, -0.2) is 18.0 Å². The van der Waals surface area contributed by atoms with E-state index in [1.807, 2.05) is 0 Å². The van der Waals surface area contributed by atoms with E-state index in [9.17, 15) is 14.9 Å². The number of hydrogen-bond acceptors (Lipinski definition) is 6. The van der Waals surface area contributed by atoms with Crippen LogP contribution in [-0.2, 0) is 9.53 Å². The third-order valence-electron chi connectivity index (χ3n) is 1.77. The second-order valence-electron chi connectivity index (χ2n) is 2.82. The predicted molar refractivity (Wildman–Crippen MR) is 54.5 cm³/mol. The van der Waals surface area contributed by atoms with Gasteiger partial charge in [0.05, 0.1) is 18.5 Å². The van der Waals surface area contributed by atoms with Crippen LogP contribution in [0.4, 0.5) is 5.00 Å². The minimum atomic E-state index is -0.545. The number of ether oxygens (including phenoxy) is 1. The van der Waals surface area contributed by atoms with Gasteiger partial charge in [-0.3, -0.25) is 14.9 Å². The lowest BCUT2D eigenvalue weighted by Crippen LogP contribution is -2.15. The van der Waals surface area contributed by atoms with Crippen molar-refractivity contribution in [1.29, 1.82) is 0 Å². The lowest BCUT2D eigenvalue weighted by atomic mass is 10.2. The molecule has 0 aromatic carbocycles. The van der Waals surface area contributed by atoms with Crippen LogP contribution in [0.15, 0.2) is 12.1 Å². The molecule has 1 rings (SSSR count). The maximum absolute atomic E-state index is 10.9. The molecule has 6 nitrogen and oxygen atoms in total. The molecule has 1 atom stereocenters. The highest BCUT2D eigenvalue weighted by atomic mass is 32.1. The Morgan fingerprint density at radius 2 is 2.40 bits per heavy atom. The monoisotopic (exact) mass is 230 g/mol. The smallest absolute Gasteiger partial charge is 0.324 e. The first kappa shape index (κ1) is 11.6. The van der Waals surface area contributed by atoms with Gasteiger partial charge in [0.1, 0.15) is 0 Å². The van der Waals surface area contributed by atoms with Gasteiger partial charge in [-0.15, -0.1) is 0 Å². The van der Waals surface area contributed by atoms with Crippen molar-refractivity contribution < 1.29 is 14.5 Å². The molecule has 0 amide bonds. The number of esters is 1. The lowest BCUT2D eigenvalue weighted by molar-refractivity contribution is -0.380. The molecule has 0 unspecified atom stereocenters. The molecule has 1 heterocycles. The van der Waals surface area contributed by atoms with Crippen molar-refractivity contribution >= 4 is 22.3 Å². The lowest BCUT2D eigenvalue weighted by Gasteiger charge is -2.06. The van der Waals surface area contributed by atoms with Gasteiger partial charge in [-0.25, -0.2) is 0 Å². The van der Waals surface area contributed by atoms with Crippen LogP contribution >= 0.6 is 11.3 Å². The van der Waals surface area contributed by atoms with Crippen LogP contribution in [0.1, 0.15) is 17.3 Å².